The lowest BCUT2D eigenvalue weighted by atomic mass is 10.1. The minimum absolute atomic E-state index is 0.0997. The van der Waals surface area contributed by atoms with Crippen LogP contribution in [-0.2, 0) is 16.2 Å². The Balaban J connectivity index is 1.55. The van der Waals surface area contributed by atoms with E-state index in [1.54, 1.807) is 24.3 Å². The highest BCUT2D eigenvalue weighted by Gasteiger charge is 2.34. The first-order valence-corrected chi connectivity index (χ1v) is 10.8. The highest BCUT2D eigenvalue weighted by atomic mass is 32.2. The van der Waals surface area contributed by atoms with Gasteiger partial charge in [-0.1, -0.05) is 18.2 Å². The van der Waals surface area contributed by atoms with E-state index in [2.05, 4.69) is 4.98 Å². The van der Waals surface area contributed by atoms with Crippen molar-refractivity contribution in [2.75, 3.05) is 13.1 Å². The van der Waals surface area contributed by atoms with Gasteiger partial charge in [-0.2, -0.15) is 17.5 Å². The normalized spacial score (nSPS) is 16.8. The Kier molecular flexibility index (Phi) is 5.15. The lowest BCUT2D eigenvalue weighted by molar-refractivity contribution is -0.137. The van der Waals surface area contributed by atoms with Crippen molar-refractivity contribution in [1.82, 2.24) is 13.9 Å². The predicted octanol–water partition coefficient (Wildman–Crippen LogP) is 3.44. The molecule has 3 aromatic rings. The second-order valence-electron chi connectivity index (χ2n) is 7.13. The average Bonchev–Trinajstić information content (AvgIpc) is 2.74. The molecule has 10 heteroatoms. The number of aromatic nitrogens is 2. The van der Waals surface area contributed by atoms with Crippen LogP contribution in [-0.4, -0.2) is 35.4 Å². The standard InChI is InChI=1S/C20H18F3N3O3S/c21-20(22,23)14-4-3-5-16(12-14)30(28,29)25-10-8-15(9-11-25)26-13-24-18-7-2-1-6-17(18)19(26)27/h1-7,12-13,15H,8-11H2. The van der Waals surface area contributed by atoms with Crippen molar-refractivity contribution >= 4 is 20.9 Å². The second-order valence-corrected chi connectivity index (χ2v) is 9.07. The second kappa shape index (κ2) is 7.51. The van der Waals surface area contributed by atoms with Crippen LogP contribution in [0.25, 0.3) is 10.9 Å². The van der Waals surface area contributed by atoms with E-state index >= 15 is 0 Å². The van der Waals surface area contributed by atoms with E-state index in [-0.39, 0.29) is 29.6 Å². The van der Waals surface area contributed by atoms with Crippen molar-refractivity contribution in [1.29, 1.82) is 0 Å². The molecule has 0 saturated carbocycles. The summed E-state index contributed by atoms with van der Waals surface area (Å²) in [4.78, 5) is 16.6. The average molecular weight is 437 g/mol. The van der Waals surface area contributed by atoms with Crippen molar-refractivity contribution in [3.63, 3.8) is 0 Å². The summed E-state index contributed by atoms with van der Waals surface area (Å²) in [6.45, 7) is 0.199. The molecule has 1 aromatic heterocycles. The third-order valence-electron chi connectivity index (χ3n) is 5.31. The van der Waals surface area contributed by atoms with Gasteiger partial charge in [0, 0.05) is 19.1 Å². The van der Waals surface area contributed by atoms with Crippen molar-refractivity contribution in [3.8, 4) is 0 Å². The number of fused-ring (bicyclic) bond motifs is 1. The molecule has 1 fully saturated rings. The van der Waals surface area contributed by atoms with Gasteiger partial charge in [0.1, 0.15) is 0 Å². The zero-order valence-electron chi connectivity index (χ0n) is 15.7. The van der Waals surface area contributed by atoms with Crippen LogP contribution in [0.4, 0.5) is 13.2 Å². The molecule has 0 bridgehead atoms. The minimum Gasteiger partial charge on any atom is -0.296 e. The minimum atomic E-state index is -4.62. The smallest absolute Gasteiger partial charge is 0.296 e. The molecule has 0 unspecified atom stereocenters. The van der Waals surface area contributed by atoms with Crippen LogP contribution in [0.2, 0.25) is 0 Å². The largest absolute Gasteiger partial charge is 0.416 e. The number of piperidine rings is 1. The van der Waals surface area contributed by atoms with Gasteiger partial charge in [-0.15, -0.1) is 0 Å². The fraction of sp³-hybridized carbons (Fsp3) is 0.300. The lowest BCUT2D eigenvalue weighted by Crippen LogP contribution is -2.40. The maximum atomic E-state index is 12.9. The summed E-state index contributed by atoms with van der Waals surface area (Å²) in [6.07, 6.45) is -2.44. The van der Waals surface area contributed by atoms with Crippen molar-refractivity contribution < 1.29 is 21.6 Å². The number of alkyl halides is 3. The van der Waals surface area contributed by atoms with Crippen molar-refractivity contribution in [2.24, 2.45) is 0 Å². The van der Waals surface area contributed by atoms with Gasteiger partial charge >= 0.3 is 6.18 Å². The van der Waals surface area contributed by atoms with E-state index in [4.69, 9.17) is 0 Å². The SMILES string of the molecule is O=c1c2ccccc2ncn1C1CCN(S(=O)(=O)c2cccc(C(F)(F)F)c2)CC1. The topological polar surface area (TPSA) is 72.3 Å². The number of benzene rings is 2. The monoisotopic (exact) mass is 437 g/mol. The predicted molar refractivity (Wildman–Crippen MR) is 104 cm³/mol. The van der Waals surface area contributed by atoms with Gasteiger partial charge in [0.25, 0.3) is 5.56 Å². The van der Waals surface area contributed by atoms with Gasteiger partial charge in [0.2, 0.25) is 10.0 Å². The Hall–Kier alpha value is -2.72. The third kappa shape index (κ3) is 3.72. The van der Waals surface area contributed by atoms with Gasteiger partial charge in [-0.05, 0) is 43.2 Å². The number of rotatable bonds is 3. The molecule has 0 amide bonds. The van der Waals surface area contributed by atoms with E-state index in [9.17, 15) is 26.4 Å². The molecule has 0 radical (unpaired) electrons. The van der Waals surface area contributed by atoms with Gasteiger partial charge in [0.05, 0.1) is 27.7 Å². The molecular weight excluding hydrogens is 419 g/mol. The molecule has 0 spiro atoms. The van der Waals surface area contributed by atoms with Gasteiger partial charge < -0.3 is 0 Å². The number of hydrogen-bond acceptors (Lipinski definition) is 4. The number of nitrogens with zero attached hydrogens (tertiary/aromatic N) is 3. The molecule has 1 aliphatic rings. The molecule has 1 aliphatic heterocycles. The first-order valence-electron chi connectivity index (χ1n) is 9.31. The summed E-state index contributed by atoms with van der Waals surface area (Å²) in [6, 6.07) is 10.5. The number of para-hydroxylation sites is 1. The van der Waals surface area contributed by atoms with E-state index < -0.39 is 21.8 Å². The zero-order valence-corrected chi connectivity index (χ0v) is 16.5. The Morgan fingerprint density at radius 1 is 1.00 bits per heavy atom. The Labute approximate surface area is 170 Å². The third-order valence-corrected chi connectivity index (χ3v) is 7.20. The fourth-order valence-corrected chi connectivity index (χ4v) is 5.20. The maximum absolute atomic E-state index is 12.9. The first kappa shape index (κ1) is 20.5. The molecule has 0 aliphatic carbocycles. The first-order chi connectivity index (χ1) is 14.2. The zero-order chi connectivity index (χ0) is 21.5. The van der Waals surface area contributed by atoms with E-state index in [1.807, 2.05) is 0 Å². The quantitative estimate of drug-likeness (QED) is 0.629. The molecule has 2 aromatic carbocycles. The van der Waals surface area contributed by atoms with Crippen molar-refractivity contribution in [3.05, 3.63) is 70.8 Å². The van der Waals surface area contributed by atoms with Crippen LogP contribution >= 0.6 is 0 Å². The van der Waals surface area contributed by atoms with Crippen molar-refractivity contribution in [2.45, 2.75) is 30.0 Å². The van der Waals surface area contributed by atoms with Gasteiger partial charge in [-0.25, -0.2) is 13.4 Å². The molecule has 1 saturated heterocycles. The van der Waals surface area contributed by atoms with Crippen LogP contribution in [0.15, 0.2) is 64.5 Å². The highest BCUT2D eigenvalue weighted by Crippen LogP contribution is 2.32. The molecular formula is C20H18F3N3O3S. The highest BCUT2D eigenvalue weighted by molar-refractivity contribution is 7.89. The van der Waals surface area contributed by atoms with Crippen LogP contribution < -0.4 is 5.56 Å². The van der Waals surface area contributed by atoms with Crippen LogP contribution in [0.3, 0.4) is 0 Å². The number of hydrogen-bond donors (Lipinski definition) is 0. The van der Waals surface area contributed by atoms with Crippen LogP contribution in [0.5, 0.6) is 0 Å². The summed E-state index contributed by atoms with van der Waals surface area (Å²) in [5, 5.41) is 0.485. The lowest BCUT2D eigenvalue weighted by Gasteiger charge is -2.32. The Morgan fingerprint density at radius 3 is 2.40 bits per heavy atom. The molecule has 6 nitrogen and oxygen atoms in total. The molecule has 30 heavy (non-hydrogen) atoms. The molecule has 0 N–H and O–H groups in total. The maximum Gasteiger partial charge on any atom is 0.416 e. The summed E-state index contributed by atoms with van der Waals surface area (Å²) >= 11 is 0. The summed E-state index contributed by atoms with van der Waals surface area (Å²) in [5.41, 5.74) is -0.615. The summed E-state index contributed by atoms with van der Waals surface area (Å²) in [5.74, 6) is 0. The summed E-state index contributed by atoms with van der Waals surface area (Å²) < 4.78 is 67.2. The molecule has 0 atom stereocenters. The molecule has 158 valence electrons. The molecule has 2 heterocycles. The van der Waals surface area contributed by atoms with Crippen LogP contribution in [0.1, 0.15) is 24.4 Å². The van der Waals surface area contributed by atoms with E-state index in [1.165, 1.54) is 15.2 Å². The van der Waals surface area contributed by atoms with E-state index in [0.717, 1.165) is 18.2 Å². The molecule has 4 rings (SSSR count). The van der Waals surface area contributed by atoms with Crippen LogP contribution in [0, 0.1) is 0 Å². The number of halogens is 3. The fourth-order valence-electron chi connectivity index (χ4n) is 3.69. The van der Waals surface area contributed by atoms with E-state index in [0.29, 0.717) is 29.8 Å². The van der Waals surface area contributed by atoms with Gasteiger partial charge in [0.15, 0.2) is 0 Å². The summed E-state index contributed by atoms with van der Waals surface area (Å²) in [7, 11) is -4.06. The van der Waals surface area contributed by atoms with Gasteiger partial charge in [-0.3, -0.25) is 9.36 Å². The Bertz CT molecular complexity index is 1250. The Morgan fingerprint density at radius 2 is 1.70 bits per heavy atom. The number of sulfonamides is 1.